The molecule has 1 aliphatic heterocycles. The molecule has 7 heteroatoms. The fraction of sp³-hybridized carbons (Fsp3) is 0.312. The van der Waals surface area contributed by atoms with Crippen molar-refractivity contribution in [3.63, 3.8) is 0 Å². The lowest BCUT2D eigenvalue weighted by Crippen LogP contribution is -2.38. The average Bonchev–Trinajstić information content (AvgIpc) is 3.02. The Morgan fingerprint density at radius 1 is 1.13 bits per heavy atom. The van der Waals surface area contributed by atoms with E-state index in [0.717, 1.165) is 37.0 Å². The van der Waals surface area contributed by atoms with Crippen molar-refractivity contribution in [2.45, 2.75) is 18.9 Å². The zero-order valence-electron chi connectivity index (χ0n) is 12.4. The minimum atomic E-state index is 0.0943. The minimum Gasteiger partial charge on any atom is -0.460 e. The second kappa shape index (κ2) is 6.04. The first-order valence-corrected chi connectivity index (χ1v) is 7.90. The number of hydrogen-bond donors (Lipinski definition) is 0. The molecule has 3 heterocycles. The van der Waals surface area contributed by atoms with Gasteiger partial charge in [0.2, 0.25) is 0 Å². The van der Waals surface area contributed by atoms with Crippen LogP contribution in [0.4, 0.5) is 6.01 Å². The third kappa shape index (κ3) is 3.07. The Bertz CT molecular complexity index is 764. The molecule has 2 aromatic heterocycles. The van der Waals surface area contributed by atoms with Crippen molar-refractivity contribution in [1.29, 1.82) is 0 Å². The predicted octanol–water partition coefficient (Wildman–Crippen LogP) is 3.32. The monoisotopic (exact) mass is 330 g/mol. The van der Waals surface area contributed by atoms with E-state index < -0.39 is 0 Å². The number of piperidine rings is 1. The van der Waals surface area contributed by atoms with E-state index in [0.29, 0.717) is 17.0 Å². The van der Waals surface area contributed by atoms with Crippen LogP contribution < -0.4 is 9.64 Å². The highest BCUT2D eigenvalue weighted by atomic mass is 35.5. The Morgan fingerprint density at radius 3 is 2.61 bits per heavy atom. The van der Waals surface area contributed by atoms with E-state index in [9.17, 15) is 0 Å². The molecule has 0 amide bonds. The summed E-state index contributed by atoms with van der Waals surface area (Å²) in [5.74, 6) is 0. The van der Waals surface area contributed by atoms with Gasteiger partial charge in [-0.1, -0.05) is 23.7 Å². The van der Waals surface area contributed by atoms with Crippen LogP contribution >= 0.6 is 11.6 Å². The van der Waals surface area contributed by atoms with Gasteiger partial charge in [-0.15, -0.1) is 0 Å². The van der Waals surface area contributed by atoms with Gasteiger partial charge in [0.05, 0.1) is 17.4 Å². The maximum atomic E-state index is 5.81. The highest BCUT2D eigenvalue weighted by molar-refractivity contribution is 6.30. The Hall–Kier alpha value is -2.34. The fourth-order valence-corrected chi connectivity index (χ4v) is 2.77. The average molecular weight is 331 g/mol. The van der Waals surface area contributed by atoms with E-state index in [2.05, 4.69) is 19.9 Å². The number of hydrogen-bond acceptors (Lipinski definition) is 6. The van der Waals surface area contributed by atoms with Crippen LogP contribution in [-0.4, -0.2) is 34.1 Å². The van der Waals surface area contributed by atoms with E-state index in [4.69, 9.17) is 20.8 Å². The number of ether oxygens (including phenoxy) is 1. The van der Waals surface area contributed by atoms with Gasteiger partial charge in [-0.2, -0.15) is 4.98 Å². The lowest BCUT2D eigenvalue weighted by molar-refractivity contribution is 0.155. The Balaban J connectivity index is 1.39. The third-order valence-electron chi connectivity index (χ3n) is 3.86. The summed E-state index contributed by atoms with van der Waals surface area (Å²) in [7, 11) is 0. The van der Waals surface area contributed by atoms with Gasteiger partial charge in [0.15, 0.2) is 5.58 Å². The molecule has 1 saturated heterocycles. The molecular formula is C16H15ClN4O2. The maximum Gasteiger partial charge on any atom is 0.316 e. The number of oxazole rings is 1. The zero-order valence-corrected chi connectivity index (χ0v) is 13.1. The van der Waals surface area contributed by atoms with Gasteiger partial charge in [0.25, 0.3) is 6.01 Å². The molecule has 0 N–H and O–H groups in total. The van der Waals surface area contributed by atoms with Crippen molar-refractivity contribution in [3.8, 4) is 6.01 Å². The van der Waals surface area contributed by atoms with E-state index >= 15 is 0 Å². The summed E-state index contributed by atoms with van der Waals surface area (Å²) in [6.45, 7) is 1.65. The topological polar surface area (TPSA) is 64.3 Å². The summed E-state index contributed by atoms with van der Waals surface area (Å²) in [5, 5.41) is 0.503. The molecule has 118 valence electrons. The number of fused-ring (bicyclic) bond motifs is 1. The number of rotatable bonds is 3. The minimum absolute atomic E-state index is 0.0943. The van der Waals surface area contributed by atoms with Gasteiger partial charge < -0.3 is 14.1 Å². The van der Waals surface area contributed by atoms with Crippen LogP contribution in [0.5, 0.6) is 6.01 Å². The molecule has 0 atom stereocenters. The van der Waals surface area contributed by atoms with E-state index in [-0.39, 0.29) is 6.10 Å². The van der Waals surface area contributed by atoms with Gasteiger partial charge in [0.1, 0.15) is 11.6 Å². The smallest absolute Gasteiger partial charge is 0.316 e. The number of halogens is 1. The molecule has 23 heavy (non-hydrogen) atoms. The quantitative estimate of drug-likeness (QED) is 0.734. The standard InChI is InChI=1S/C16H15ClN4O2/c17-11-9-18-15(19-10-11)22-12-5-7-21(8-6-12)16-20-13-3-1-2-4-14(13)23-16/h1-4,9-10,12H,5-8H2. The maximum absolute atomic E-state index is 5.81. The van der Waals surface area contributed by atoms with Crippen LogP contribution in [0.1, 0.15) is 12.8 Å². The highest BCUT2D eigenvalue weighted by Crippen LogP contribution is 2.25. The van der Waals surface area contributed by atoms with Gasteiger partial charge in [-0.05, 0) is 12.1 Å². The Kier molecular flexibility index (Phi) is 3.75. The molecule has 1 fully saturated rings. The lowest BCUT2D eigenvalue weighted by atomic mass is 10.1. The molecule has 0 radical (unpaired) electrons. The highest BCUT2D eigenvalue weighted by Gasteiger charge is 2.24. The first-order chi connectivity index (χ1) is 11.3. The predicted molar refractivity (Wildman–Crippen MR) is 86.9 cm³/mol. The van der Waals surface area contributed by atoms with Gasteiger partial charge >= 0.3 is 6.01 Å². The Morgan fingerprint density at radius 2 is 1.87 bits per heavy atom. The summed E-state index contributed by atoms with van der Waals surface area (Å²) in [4.78, 5) is 14.8. The van der Waals surface area contributed by atoms with E-state index in [1.54, 1.807) is 0 Å². The van der Waals surface area contributed by atoms with Crippen molar-refractivity contribution < 1.29 is 9.15 Å². The van der Waals surface area contributed by atoms with Gasteiger partial charge in [0, 0.05) is 25.9 Å². The number of benzene rings is 1. The molecule has 4 rings (SSSR count). The molecule has 0 bridgehead atoms. The summed E-state index contributed by atoms with van der Waals surface area (Å²) in [6.07, 6.45) is 4.90. The summed E-state index contributed by atoms with van der Waals surface area (Å²) >= 11 is 5.77. The van der Waals surface area contributed by atoms with Crippen LogP contribution in [0.3, 0.4) is 0 Å². The largest absolute Gasteiger partial charge is 0.460 e. The third-order valence-corrected chi connectivity index (χ3v) is 4.06. The molecule has 0 spiro atoms. The van der Waals surface area contributed by atoms with Crippen LogP contribution in [-0.2, 0) is 0 Å². The summed E-state index contributed by atoms with van der Waals surface area (Å²) in [5.41, 5.74) is 1.70. The Labute approximate surface area is 138 Å². The van der Waals surface area contributed by atoms with Crippen molar-refractivity contribution in [1.82, 2.24) is 15.0 Å². The summed E-state index contributed by atoms with van der Waals surface area (Å²) in [6, 6.07) is 8.84. The summed E-state index contributed by atoms with van der Waals surface area (Å²) < 4.78 is 11.6. The van der Waals surface area contributed by atoms with Crippen molar-refractivity contribution in [3.05, 3.63) is 41.7 Å². The molecule has 3 aromatic rings. The number of para-hydroxylation sites is 2. The zero-order chi connectivity index (χ0) is 15.6. The van der Waals surface area contributed by atoms with Crippen LogP contribution in [0.25, 0.3) is 11.1 Å². The van der Waals surface area contributed by atoms with Crippen LogP contribution in [0, 0.1) is 0 Å². The number of nitrogens with zero attached hydrogens (tertiary/aromatic N) is 4. The molecule has 1 aliphatic rings. The van der Waals surface area contributed by atoms with Crippen molar-refractivity contribution in [2.24, 2.45) is 0 Å². The van der Waals surface area contributed by atoms with Gasteiger partial charge in [-0.3, -0.25) is 0 Å². The molecule has 1 aromatic carbocycles. The molecule has 0 aliphatic carbocycles. The number of aromatic nitrogens is 3. The van der Waals surface area contributed by atoms with E-state index in [1.165, 1.54) is 12.4 Å². The first kappa shape index (κ1) is 14.3. The van der Waals surface area contributed by atoms with E-state index in [1.807, 2.05) is 24.3 Å². The van der Waals surface area contributed by atoms with Crippen molar-refractivity contribution >= 4 is 28.7 Å². The van der Waals surface area contributed by atoms with Crippen LogP contribution in [0.2, 0.25) is 5.02 Å². The molecule has 6 nitrogen and oxygen atoms in total. The first-order valence-electron chi connectivity index (χ1n) is 7.53. The second-order valence-corrected chi connectivity index (χ2v) is 5.89. The molecular weight excluding hydrogens is 316 g/mol. The molecule has 0 saturated carbocycles. The second-order valence-electron chi connectivity index (χ2n) is 5.45. The fourth-order valence-electron chi connectivity index (χ4n) is 2.67. The van der Waals surface area contributed by atoms with Gasteiger partial charge in [-0.25, -0.2) is 9.97 Å². The lowest BCUT2D eigenvalue weighted by Gasteiger charge is -2.30. The normalized spacial score (nSPS) is 16.0. The SMILES string of the molecule is Clc1cnc(OC2CCN(c3nc4ccccc4o3)CC2)nc1. The number of anilines is 1. The van der Waals surface area contributed by atoms with Crippen molar-refractivity contribution in [2.75, 3.05) is 18.0 Å². The van der Waals surface area contributed by atoms with Crippen LogP contribution in [0.15, 0.2) is 41.1 Å². The molecule has 0 unspecified atom stereocenters.